The SMILES string of the molecule is Cn1cc(C(CO)Nc2cccc(Cl)c2)cn1. The molecule has 0 amide bonds. The first kappa shape index (κ1) is 12.0. The van der Waals surface area contributed by atoms with Gasteiger partial charge in [0, 0.05) is 29.5 Å². The van der Waals surface area contributed by atoms with Gasteiger partial charge in [-0.3, -0.25) is 4.68 Å². The van der Waals surface area contributed by atoms with E-state index in [1.54, 1.807) is 10.9 Å². The molecule has 0 aliphatic carbocycles. The zero-order valence-corrected chi connectivity index (χ0v) is 10.2. The number of hydrogen-bond acceptors (Lipinski definition) is 3. The van der Waals surface area contributed by atoms with Gasteiger partial charge in [-0.15, -0.1) is 0 Å². The van der Waals surface area contributed by atoms with Crippen molar-refractivity contribution < 1.29 is 5.11 Å². The van der Waals surface area contributed by atoms with Crippen molar-refractivity contribution in [1.82, 2.24) is 9.78 Å². The maximum absolute atomic E-state index is 9.39. The van der Waals surface area contributed by atoms with Crippen molar-refractivity contribution in [3.05, 3.63) is 47.2 Å². The molecule has 1 aromatic carbocycles. The highest BCUT2D eigenvalue weighted by Gasteiger charge is 2.11. The van der Waals surface area contributed by atoms with E-state index < -0.39 is 0 Å². The second-order valence-electron chi connectivity index (χ2n) is 3.84. The third-order valence-corrected chi connectivity index (χ3v) is 2.71. The van der Waals surface area contributed by atoms with Crippen molar-refractivity contribution in [3.63, 3.8) is 0 Å². The number of aromatic nitrogens is 2. The van der Waals surface area contributed by atoms with Crippen LogP contribution in [0.5, 0.6) is 0 Å². The highest BCUT2D eigenvalue weighted by atomic mass is 35.5. The van der Waals surface area contributed by atoms with Gasteiger partial charge in [0.15, 0.2) is 0 Å². The van der Waals surface area contributed by atoms with Crippen molar-refractivity contribution in [2.75, 3.05) is 11.9 Å². The number of hydrogen-bond donors (Lipinski definition) is 2. The molecule has 1 aromatic heterocycles. The van der Waals surface area contributed by atoms with Crippen LogP contribution < -0.4 is 5.32 Å². The summed E-state index contributed by atoms with van der Waals surface area (Å²) in [5, 5.41) is 17.3. The van der Waals surface area contributed by atoms with Gasteiger partial charge in [-0.1, -0.05) is 17.7 Å². The van der Waals surface area contributed by atoms with Crippen LogP contribution in [0.1, 0.15) is 11.6 Å². The van der Waals surface area contributed by atoms with Crippen LogP contribution in [-0.4, -0.2) is 21.5 Å². The molecule has 4 nitrogen and oxygen atoms in total. The van der Waals surface area contributed by atoms with Crippen molar-refractivity contribution >= 4 is 17.3 Å². The smallest absolute Gasteiger partial charge is 0.0775 e. The molecule has 0 spiro atoms. The fraction of sp³-hybridized carbons (Fsp3) is 0.250. The van der Waals surface area contributed by atoms with Crippen molar-refractivity contribution in [2.24, 2.45) is 7.05 Å². The summed E-state index contributed by atoms with van der Waals surface area (Å²) in [5.74, 6) is 0. The first-order chi connectivity index (χ1) is 8.19. The van der Waals surface area contributed by atoms with Gasteiger partial charge in [-0.25, -0.2) is 0 Å². The third-order valence-electron chi connectivity index (χ3n) is 2.48. The van der Waals surface area contributed by atoms with Crippen LogP contribution in [0.15, 0.2) is 36.7 Å². The van der Waals surface area contributed by atoms with Gasteiger partial charge in [0.2, 0.25) is 0 Å². The Morgan fingerprint density at radius 2 is 2.35 bits per heavy atom. The van der Waals surface area contributed by atoms with Crippen molar-refractivity contribution in [3.8, 4) is 0 Å². The first-order valence-corrected chi connectivity index (χ1v) is 5.68. The number of aliphatic hydroxyl groups excluding tert-OH is 1. The minimum absolute atomic E-state index is 0.00178. The van der Waals surface area contributed by atoms with Crippen molar-refractivity contribution in [1.29, 1.82) is 0 Å². The highest BCUT2D eigenvalue weighted by molar-refractivity contribution is 6.30. The first-order valence-electron chi connectivity index (χ1n) is 5.30. The summed E-state index contributed by atoms with van der Waals surface area (Å²) >= 11 is 5.90. The topological polar surface area (TPSA) is 50.1 Å². The Hall–Kier alpha value is -1.52. The molecule has 1 unspecified atom stereocenters. The second-order valence-corrected chi connectivity index (χ2v) is 4.27. The normalized spacial score (nSPS) is 12.4. The largest absolute Gasteiger partial charge is 0.394 e. The third kappa shape index (κ3) is 2.99. The molecule has 5 heteroatoms. The lowest BCUT2D eigenvalue weighted by atomic mass is 10.1. The molecule has 0 saturated carbocycles. The zero-order chi connectivity index (χ0) is 12.3. The lowest BCUT2D eigenvalue weighted by molar-refractivity contribution is 0.276. The van der Waals surface area contributed by atoms with E-state index in [1.807, 2.05) is 37.5 Å². The number of aryl methyl sites for hydroxylation is 1. The molecule has 2 N–H and O–H groups in total. The molecule has 1 heterocycles. The maximum atomic E-state index is 9.39. The van der Waals surface area contributed by atoms with Crippen LogP contribution in [0.4, 0.5) is 5.69 Å². The van der Waals surface area contributed by atoms with E-state index >= 15 is 0 Å². The van der Waals surface area contributed by atoms with Gasteiger partial charge >= 0.3 is 0 Å². The average molecular weight is 252 g/mol. The predicted octanol–water partition coefficient (Wildman–Crippen LogP) is 2.22. The van der Waals surface area contributed by atoms with Gasteiger partial charge in [-0.2, -0.15) is 5.10 Å². The Balaban J connectivity index is 2.15. The van der Waals surface area contributed by atoms with E-state index in [-0.39, 0.29) is 12.6 Å². The van der Waals surface area contributed by atoms with E-state index in [4.69, 9.17) is 11.6 Å². The fourth-order valence-electron chi connectivity index (χ4n) is 1.63. The second kappa shape index (κ2) is 5.21. The molecular formula is C12H14ClN3O. The number of nitrogens with zero attached hydrogens (tertiary/aromatic N) is 2. The van der Waals surface area contributed by atoms with Crippen LogP contribution in [0.25, 0.3) is 0 Å². The fourth-order valence-corrected chi connectivity index (χ4v) is 1.82. The van der Waals surface area contributed by atoms with Crippen LogP contribution in [0.3, 0.4) is 0 Å². The molecule has 90 valence electrons. The summed E-state index contributed by atoms with van der Waals surface area (Å²) in [7, 11) is 1.84. The predicted molar refractivity (Wildman–Crippen MR) is 68.1 cm³/mol. The molecular weight excluding hydrogens is 238 g/mol. The monoisotopic (exact) mass is 251 g/mol. The molecule has 0 radical (unpaired) electrons. The lowest BCUT2D eigenvalue weighted by Gasteiger charge is -2.16. The Morgan fingerprint density at radius 3 is 2.94 bits per heavy atom. The molecule has 1 atom stereocenters. The summed E-state index contributed by atoms with van der Waals surface area (Å²) in [6, 6.07) is 7.22. The molecule has 17 heavy (non-hydrogen) atoms. The lowest BCUT2D eigenvalue weighted by Crippen LogP contribution is -2.14. The Bertz CT molecular complexity index is 498. The van der Waals surface area contributed by atoms with Gasteiger partial charge in [0.1, 0.15) is 0 Å². The van der Waals surface area contributed by atoms with E-state index in [2.05, 4.69) is 10.4 Å². The van der Waals surface area contributed by atoms with Gasteiger partial charge in [0.05, 0.1) is 18.8 Å². The Morgan fingerprint density at radius 1 is 1.53 bits per heavy atom. The summed E-state index contributed by atoms with van der Waals surface area (Å²) in [6.45, 7) is -0.00178. The van der Waals surface area contributed by atoms with Crippen LogP contribution >= 0.6 is 11.6 Å². The number of halogens is 1. The van der Waals surface area contributed by atoms with Gasteiger partial charge in [0.25, 0.3) is 0 Å². The number of benzene rings is 1. The standard InChI is InChI=1S/C12H14ClN3O/c1-16-7-9(6-14-16)12(8-17)15-11-4-2-3-10(13)5-11/h2-7,12,15,17H,8H2,1H3. The van der Waals surface area contributed by atoms with E-state index in [0.29, 0.717) is 5.02 Å². The Kier molecular flexibility index (Phi) is 3.66. The van der Waals surface area contributed by atoms with E-state index in [1.165, 1.54) is 0 Å². The molecule has 0 bridgehead atoms. The number of nitrogens with one attached hydrogen (secondary N) is 1. The van der Waals surface area contributed by atoms with Gasteiger partial charge in [-0.05, 0) is 18.2 Å². The number of aliphatic hydroxyl groups is 1. The highest BCUT2D eigenvalue weighted by Crippen LogP contribution is 2.21. The maximum Gasteiger partial charge on any atom is 0.0775 e. The average Bonchev–Trinajstić information content (AvgIpc) is 2.73. The minimum Gasteiger partial charge on any atom is -0.394 e. The number of anilines is 1. The van der Waals surface area contributed by atoms with E-state index in [0.717, 1.165) is 11.3 Å². The summed E-state index contributed by atoms with van der Waals surface area (Å²) in [6.07, 6.45) is 3.61. The quantitative estimate of drug-likeness (QED) is 0.876. The summed E-state index contributed by atoms with van der Waals surface area (Å²) in [5.41, 5.74) is 1.82. The van der Waals surface area contributed by atoms with Crippen molar-refractivity contribution in [2.45, 2.75) is 6.04 Å². The molecule has 2 rings (SSSR count). The van der Waals surface area contributed by atoms with Crippen LogP contribution in [-0.2, 0) is 7.05 Å². The molecule has 0 aliphatic rings. The molecule has 0 aliphatic heterocycles. The minimum atomic E-state index is -0.179. The van der Waals surface area contributed by atoms with Gasteiger partial charge < -0.3 is 10.4 Å². The van der Waals surface area contributed by atoms with Crippen LogP contribution in [0, 0.1) is 0 Å². The Labute approximate surface area is 105 Å². The molecule has 2 aromatic rings. The summed E-state index contributed by atoms with van der Waals surface area (Å²) < 4.78 is 1.71. The van der Waals surface area contributed by atoms with E-state index in [9.17, 15) is 5.11 Å². The number of rotatable bonds is 4. The molecule has 0 saturated heterocycles. The van der Waals surface area contributed by atoms with Crippen LogP contribution in [0.2, 0.25) is 5.02 Å². The molecule has 0 fully saturated rings. The summed E-state index contributed by atoms with van der Waals surface area (Å²) in [4.78, 5) is 0. The zero-order valence-electron chi connectivity index (χ0n) is 9.47.